The summed E-state index contributed by atoms with van der Waals surface area (Å²) in [6, 6.07) is 5.66. The molecule has 2 rings (SSSR count). The van der Waals surface area contributed by atoms with E-state index in [1.165, 1.54) is 0 Å². The molecule has 0 unspecified atom stereocenters. The third-order valence-electron chi connectivity index (χ3n) is 2.79. The topological polar surface area (TPSA) is 47.6 Å². The standard InChI is InChI=1S/C12H15NO3.CH4S/c1-13-12(14)9-5-8-6-10(15-2)3-4-11(8)16-7-9;1-2/h3-4,6,9H,5,7H2,1-2H3,(H,13,14);2H,1H3/t9-;/m0./s1. The highest BCUT2D eigenvalue weighted by atomic mass is 32.1. The number of nitrogens with one attached hydrogen (secondary N) is 1. The molecule has 5 heteroatoms. The summed E-state index contributed by atoms with van der Waals surface area (Å²) < 4.78 is 10.7. The van der Waals surface area contributed by atoms with Crippen LogP contribution in [0, 0.1) is 5.92 Å². The van der Waals surface area contributed by atoms with E-state index < -0.39 is 0 Å². The maximum absolute atomic E-state index is 11.5. The molecule has 100 valence electrons. The summed E-state index contributed by atoms with van der Waals surface area (Å²) in [5, 5.41) is 2.64. The number of hydrogen-bond acceptors (Lipinski definition) is 4. The Morgan fingerprint density at radius 3 is 2.83 bits per heavy atom. The van der Waals surface area contributed by atoms with Crippen molar-refractivity contribution < 1.29 is 14.3 Å². The van der Waals surface area contributed by atoms with Gasteiger partial charge in [-0.1, -0.05) is 0 Å². The number of methoxy groups -OCH3 is 1. The molecular weight excluding hydrogens is 250 g/mol. The van der Waals surface area contributed by atoms with E-state index in [-0.39, 0.29) is 11.8 Å². The van der Waals surface area contributed by atoms with Crippen LogP contribution in [0.25, 0.3) is 0 Å². The van der Waals surface area contributed by atoms with Gasteiger partial charge in [0.1, 0.15) is 18.1 Å². The minimum Gasteiger partial charge on any atom is -0.497 e. The SMILES string of the molecule is CNC(=O)[C@@H]1COc2ccc(OC)cc2C1.CS. The zero-order valence-corrected chi connectivity index (χ0v) is 11.8. The Bertz CT molecular complexity index is 409. The van der Waals surface area contributed by atoms with Gasteiger partial charge >= 0.3 is 0 Å². The smallest absolute Gasteiger partial charge is 0.226 e. The second-order valence-corrected chi connectivity index (χ2v) is 3.80. The zero-order valence-electron chi connectivity index (χ0n) is 10.9. The van der Waals surface area contributed by atoms with Crippen molar-refractivity contribution in [3.05, 3.63) is 23.8 Å². The third kappa shape index (κ3) is 3.32. The van der Waals surface area contributed by atoms with Crippen LogP contribution in [0.5, 0.6) is 11.5 Å². The second kappa shape index (κ2) is 7.16. The van der Waals surface area contributed by atoms with Crippen LogP contribution in [0.3, 0.4) is 0 Å². The molecule has 18 heavy (non-hydrogen) atoms. The Labute approximate surface area is 113 Å². The highest BCUT2D eigenvalue weighted by molar-refractivity contribution is 7.79. The zero-order chi connectivity index (χ0) is 13.5. The molecule has 0 saturated heterocycles. The molecule has 1 aromatic carbocycles. The molecule has 1 aromatic rings. The van der Waals surface area contributed by atoms with Crippen molar-refractivity contribution in [3.8, 4) is 11.5 Å². The van der Waals surface area contributed by atoms with Gasteiger partial charge in [0.05, 0.1) is 13.0 Å². The Morgan fingerprint density at radius 1 is 1.50 bits per heavy atom. The molecule has 1 amide bonds. The molecule has 1 heterocycles. The van der Waals surface area contributed by atoms with Gasteiger partial charge in [-0.2, -0.15) is 12.6 Å². The van der Waals surface area contributed by atoms with Crippen LogP contribution in [0.1, 0.15) is 5.56 Å². The molecule has 1 atom stereocenters. The van der Waals surface area contributed by atoms with Crippen LogP contribution < -0.4 is 14.8 Å². The van der Waals surface area contributed by atoms with Crippen LogP contribution in [-0.4, -0.2) is 32.9 Å². The number of benzene rings is 1. The van der Waals surface area contributed by atoms with Gasteiger partial charge in [-0.3, -0.25) is 4.79 Å². The van der Waals surface area contributed by atoms with Crippen LogP contribution >= 0.6 is 12.6 Å². The van der Waals surface area contributed by atoms with Crippen molar-refractivity contribution in [1.29, 1.82) is 0 Å². The van der Waals surface area contributed by atoms with Crippen molar-refractivity contribution in [2.75, 3.05) is 27.0 Å². The van der Waals surface area contributed by atoms with Crippen molar-refractivity contribution in [2.45, 2.75) is 6.42 Å². The largest absolute Gasteiger partial charge is 0.497 e. The van der Waals surface area contributed by atoms with Crippen LogP contribution in [0.2, 0.25) is 0 Å². The molecule has 1 N–H and O–H groups in total. The molecule has 1 aliphatic heterocycles. The first kappa shape index (κ1) is 14.7. The molecular formula is C13H19NO3S. The van der Waals surface area contributed by atoms with Crippen molar-refractivity contribution in [3.63, 3.8) is 0 Å². The minimum atomic E-state index is -0.107. The number of fused-ring (bicyclic) bond motifs is 1. The summed E-state index contributed by atoms with van der Waals surface area (Å²) in [5.41, 5.74) is 1.03. The summed E-state index contributed by atoms with van der Waals surface area (Å²) in [5.74, 6) is 1.55. The summed E-state index contributed by atoms with van der Waals surface area (Å²) in [6.07, 6.45) is 2.40. The monoisotopic (exact) mass is 269 g/mol. The van der Waals surface area contributed by atoms with Gasteiger partial charge in [-0.25, -0.2) is 0 Å². The van der Waals surface area contributed by atoms with E-state index in [2.05, 4.69) is 17.9 Å². The number of rotatable bonds is 2. The number of carbonyl (C=O) groups is 1. The van der Waals surface area contributed by atoms with Gasteiger partial charge in [0.15, 0.2) is 0 Å². The second-order valence-electron chi connectivity index (χ2n) is 3.80. The summed E-state index contributed by atoms with van der Waals surface area (Å²) >= 11 is 3.53. The third-order valence-corrected chi connectivity index (χ3v) is 2.79. The average molecular weight is 269 g/mol. The molecule has 0 aliphatic carbocycles. The van der Waals surface area contributed by atoms with E-state index in [9.17, 15) is 4.79 Å². The maximum Gasteiger partial charge on any atom is 0.226 e. The van der Waals surface area contributed by atoms with Crippen LogP contribution in [0.15, 0.2) is 18.2 Å². The van der Waals surface area contributed by atoms with E-state index >= 15 is 0 Å². The molecule has 4 nitrogen and oxygen atoms in total. The van der Waals surface area contributed by atoms with E-state index in [0.717, 1.165) is 17.1 Å². The lowest BCUT2D eigenvalue weighted by atomic mass is 9.96. The highest BCUT2D eigenvalue weighted by Crippen LogP contribution is 2.30. The highest BCUT2D eigenvalue weighted by Gasteiger charge is 2.25. The first-order chi connectivity index (χ1) is 8.74. The van der Waals surface area contributed by atoms with Gasteiger partial charge in [-0.15, -0.1) is 0 Å². The predicted molar refractivity (Wildman–Crippen MR) is 74.7 cm³/mol. The molecule has 0 radical (unpaired) electrons. The molecule has 1 aliphatic rings. The minimum absolute atomic E-state index is 0.0217. The van der Waals surface area contributed by atoms with E-state index in [4.69, 9.17) is 9.47 Å². The van der Waals surface area contributed by atoms with E-state index in [0.29, 0.717) is 13.0 Å². The molecule has 0 spiro atoms. The van der Waals surface area contributed by atoms with Gasteiger partial charge in [0, 0.05) is 7.05 Å². The fourth-order valence-electron chi connectivity index (χ4n) is 1.87. The normalized spacial score (nSPS) is 16.6. The quantitative estimate of drug-likeness (QED) is 0.801. The molecule has 0 saturated carbocycles. The fraction of sp³-hybridized carbons (Fsp3) is 0.462. The lowest BCUT2D eigenvalue weighted by molar-refractivity contribution is -0.125. The first-order valence-electron chi connectivity index (χ1n) is 5.70. The van der Waals surface area contributed by atoms with Gasteiger partial charge < -0.3 is 14.8 Å². The van der Waals surface area contributed by atoms with Crippen molar-refractivity contribution in [1.82, 2.24) is 5.32 Å². The van der Waals surface area contributed by atoms with Crippen LogP contribution in [-0.2, 0) is 11.2 Å². The maximum atomic E-state index is 11.5. The Balaban J connectivity index is 0.000000771. The summed E-state index contributed by atoms with van der Waals surface area (Å²) in [6.45, 7) is 0.443. The number of thiol groups is 1. The summed E-state index contributed by atoms with van der Waals surface area (Å²) in [4.78, 5) is 11.5. The van der Waals surface area contributed by atoms with Gasteiger partial charge in [0.25, 0.3) is 0 Å². The van der Waals surface area contributed by atoms with Gasteiger partial charge in [-0.05, 0) is 36.4 Å². The van der Waals surface area contributed by atoms with Crippen LogP contribution in [0.4, 0.5) is 0 Å². The lowest BCUT2D eigenvalue weighted by Gasteiger charge is -2.24. The Kier molecular flexibility index (Phi) is 5.85. The molecule has 0 aromatic heterocycles. The summed E-state index contributed by atoms with van der Waals surface area (Å²) in [7, 11) is 3.27. The van der Waals surface area contributed by atoms with Crippen molar-refractivity contribution in [2.24, 2.45) is 5.92 Å². The first-order valence-corrected chi connectivity index (χ1v) is 6.60. The predicted octanol–water partition coefficient (Wildman–Crippen LogP) is 1.54. The molecule has 0 bridgehead atoms. The van der Waals surface area contributed by atoms with Crippen molar-refractivity contribution >= 4 is 18.5 Å². The molecule has 0 fully saturated rings. The fourth-order valence-corrected chi connectivity index (χ4v) is 1.87. The van der Waals surface area contributed by atoms with Gasteiger partial charge in [0.2, 0.25) is 5.91 Å². The number of ether oxygens (including phenoxy) is 2. The van der Waals surface area contributed by atoms with E-state index in [1.807, 2.05) is 18.2 Å². The Hall–Kier alpha value is -1.36. The number of carbonyl (C=O) groups excluding carboxylic acids is 1. The van der Waals surface area contributed by atoms with E-state index in [1.54, 1.807) is 20.4 Å². The number of amides is 1. The Morgan fingerprint density at radius 2 is 2.22 bits per heavy atom. The number of hydrogen-bond donors (Lipinski definition) is 2. The lowest BCUT2D eigenvalue weighted by Crippen LogP contribution is -2.35. The average Bonchev–Trinajstić information content (AvgIpc) is 2.47.